The number of Topliss-reactive ketones (excluding diaryl/α,β-unsaturated/α-hetero) is 2. The van der Waals surface area contributed by atoms with E-state index in [1.165, 1.54) is 23.9 Å². The number of pyridine rings is 1. The number of benzene rings is 3. The SMILES string of the molecule is COc1cn(C(Cc2ccccc2)C(=O)Cc2ccc(C(N)=O)cc2)c(=O)cc1-c1cc(Cl)ccc1C(=O)CC1CC1. The fraction of sp³-hybridized carbons (Fsp3) is 0.235. The number of hydrogen-bond donors (Lipinski definition) is 1. The topological polar surface area (TPSA) is 108 Å². The summed E-state index contributed by atoms with van der Waals surface area (Å²) in [7, 11) is 1.48. The molecule has 4 aromatic rings. The number of carbonyl (C=O) groups is 3. The summed E-state index contributed by atoms with van der Waals surface area (Å²) in [6.07, 6.45) is 4.39. The predicted octanol–water partition coefficient (Wildman–Crippen LogP) is 5.85. The number of ketones is 2. The average Bonchev–Trinajstić information content (AvgIpc) is 3.80. The number of carbonyl (C=O) groups excluding carboxylic acids is 3. The Labute approximate surface area is 248 Å². The Morgan fingerprint density at radius 3 is 2.31 bits per heavy atom. The monoisotopic (exact) mass is 582 g/mol. The van der Waals surface area contributed by atoms with Crippen molar-refractivity contribution in [1.29, 1.82) is 0 Å². The van der Waals surface area contributed by atoms with Crippen LogP contribution < -0.4 is 16.0 Å². The van der Waals surface area contributed by atoms with Gasteiger partial charge in [0.15, 0.2) is 11.6 Å². The summed E-state index contributed by atoms with van der Waals surface area (Å²) in [6, 6.07) is 21.6. The summed E-state index contributed by atoms with van der Waals surface area (Å²) in [5.74, 6) is -0.00659. The van der Waals surface area contributed by atoms with Crippen molar-refractivity contribution in [2.75, 3.05) is 7.11 Å². The molecule has 0 radical (unpaired) electrons. The van der Waals surface area contributed by atoms with E-state index < -0.39 is 17.5 Å². The molecule has 42 heavy (non-hydrogen) atoms. The molecule has 1 amide bonds. The van der Waals surface area contributed by atoms with Gasteiger partial charge in [-0.05, 0) is 65.8 Å². The van der Waals surface area contributed by atoms with Gasteiger partial charge >= 0.3 is 0 Å². The maximum Gasteiger partial charge on any atom is 0.252 e. The molecule has 1 fully saturated rings. The summed E-state index contributed by atoms with van der Waals surface area (Å²) < 4.78 is 7.12. The number of hydrogen-bond acceptors (Lipinski definition) is 5. The number of aromatic nitrogens is 1. The zero-order valence-corrected chi connectivity index (χ0v) is 24.0. The van der Waals surface area contributed by atoms with Crippen molar-refractivity contribution in [2.45, 2.75) is 38.1 Å². The van der Waals surface area contributed by atoms with Gasteiger partial charge in [-0.2, -0.15) is 0 Å². The molecular formula is C34H31ClN2O5. The molecule has 214 valence electrons. The lowest BCUT2D eigenvalue weighted by Crippen LogP contribution is -2.32. The Balaban J connectivity index is 1.55. The van der Waals surface area contributed by atoms with Crippen LogP contribution in [0.15, 0.2) is 89.9 Å². The number of rotatable bonds is 12. The molecule has 0 bridgehead atoms. The normalized spacial score (nSPS) is 13.4. The maximum absolute atomic E-state index is 13.8. The maximum atomic E-state index is 13.8. The summed E-state index contributed by atoms with van der Waals surface area (Å²) in [4.78, 5) is 52.1. The molecule has 1 unspecified atom stereocenters. The Morgan fingerprint density at radius 1 is 0.952 bits per heavy atom. The van der Waals surface area contributed by atoms with Crippen molar-refractivity contribution >= 4 is 29.1 Å². The lowest BCUT2D eigenvalue weighted by Gasteiger charge is -2.22. The van der Waals surface area contributed by atoms with Gasteiger partial charge in [-0.3, -0.25) is 19.2 Å². The van der Waals surface area contributed by atoms with E-state index in [1.807, 2.05) is 30.3 Å². The third kappa shape index (κ3) is 6.69. The molecule has 1 heterocycles. The highest BCUT2D eigenvalue weighted by Gasteiger charge is 2.28. The van der Waals surface area contributed by atoms with Gasteiger partial charge in [-0.1, -0.05) is 54.1 Å². The van der Waals surface area contributed by atoms with E-state index in [1.54, 1.807) is 42.5 Å². The number of nitrogens with two attached hydrogens (primary N) is 1. The summed E-state index contributed by atoms with van der Waals surface area (Å²) >= 11 is 6.34. The van der Waals surface area contributed by atoms with Crippen LogP contribution in [-0.2, 0) is 17.6 Å². The average molecular weight is 583 g/mol. The molecule has 1 aliphatic carbocycles. The van der Waals surface area contributed by atoms with Crippen molar-refractivity contribution in [2.24, 2.45) is 11.7 Å². The van der Waals surface area contributed by atoms with Gasteiger partial charge in [0.05, 0.1) is 19.3 Å². The highest BCUT2D eigenvalue weighted by Crippen LogP contribution is 2.38. The van der Waals surface area contributed by atoms with Crippen LogP contribution >= 0.6 is 11.6 Å². The Hall–Kier alpha value is -4.49. The first-order chi connectivity index (χ1) is 20.2. The minimum atomic E-state index is -0.839. The number of nitrogens with zero attached hydrogens (tertiary/aromatic N) is 1. The van der Waals surface area contributed by atoms with E-state index in [0.29, 0.717) is 50.9 Å². The summed E-state index contributed by atoms with van der Waals surface area (Å²) in [6.45, 7) is 0. The lowest BCUT2D eigenvalue weighted by atomic mass is 9.94. The van der Waals surface area contributed by atoms with Crippen LogP contribution in [-0.4, -0.2) is 29.2 Å². The van der Waals surface area contributed by atoms with Gasteiger partial charge in [0.1, 0.15) is 5.75 Å². The molecule has 3 aromatic carbocycles. The van der Waals surface area contributed by atoms with Crippen LogP contribution in [0.3, 0.4) is 0 Å². The van der Waals surface area contributed by atoms with Crippen LogP contribution in [0.4, 0.5) is 0 Å². The van der Waals surface area contributed by atoms with Gasteiger partial charge in [0, 0.05) is 47.0 Å². The molecule has 1 atom stereocenters. The van der Waals surface area contributed by atoms with Crippen molar-refractivity contribution in [3.8, 4) is 16.9 Å². The van der Waals surface area contributed by atoms with E-state index in [9.17, 15) is 19.2 Å². The van der Waals surface area contributed by atoms with E-state index in [2.05, 4.69) is 0 Å². The second-order valence-electron chi connectivity index (χ2n) is 10.7. The van der Waals surface area contributed by atoms with Gasteiger partial charge in [0.2, 0.25) is 5.91 Å². The van der Waals surface area contributed by atoms with Gasteiger partial charge in [0.25, 0.3) is 5.56 Å². The number of primary amides is 1. The Bertz CT molecular complexity index is 1690. The zero-order chi connectivity index (χ0) is 29.8. The van der Waals surface area contributed by atoms with Crippen LogP contribution in [0.1, 0.15) is 57.1 Å². The van der Waals surface area contributed by atoms with E-state index in [0.717, 1.165) is 18.4 Å². The van der Waals surface area contributed by atoms with Gasteiger partial charge in [-0.25, -0.2) is 0 Å². The molecule has 0 saturated heterocycles. The fourth-order valence-corrected chi connectivity index (χ4v) is 5.30. The molecule has 5 rings (SSSR count). The first kappa shape index (κ1) is 29.0. The molecule has 1 aromatic heterocycles. The molecule has 1 aliphatic rings. The van der Waals surface area contributed by atoms with Crippen LogP contribution in [0, 0.1) is 5.92 Å². The molecule has 1 saturated carbocycles. The van der Waals surface area contributed by atoms with Crippen LogP contribution in [0.5, 0.6) is 5.75 Å². The minimum absolute atomic E-state index is 0.00474. The molecule has 7 nitrogen and oxygen atoms in total. The smallest absolute Gasteiger partial charge is 0.252 e. The Kier molecular flexibility index (Phi) is 8.69. The van der Waals surface area contributed by atoms with E-state index in [-0.39, 0.29) is 24.4 Å². The van der Waals surface area contributed by atoms with Crippen molar-refractivity contribution in [3.05, 3.63) is 123 Å². The van der Waals surface area contributed by atoms with Crippen LogP contribution in [0.25, 0.3) is 11.1 Å². The van der Waals surface area contributed by atoms with Crippen molar-refractivity contribution in [1.82, 2.24) is 4.57 Å². The molecular weight excluding hydrogens is 552 g/mol. The quantitative estimate of drug-likeness (QED) is 0.211. The second-order valence-corrected chi connectivity index (χ2v) is 11.1. The van der Waals surface area contributed by atoms with Gasteiger partial charge < -0.3 is 15.0 Å². The first-order valence-electron chi connectivity index (χ1n) is 13.8. The molecule has 0 spiro atoms. The van der Waals surface area contributed by atoms with Crippen LogP contribution in [0.2, 0.25) is 5.02 Å². The number of methoxy groups -OCH3 is 1. The highest BCUT2D eigenvalue weighted by molar-refractivity contribution is 6.31. The Morgan fingerprint density at radius 2 is 1.67 bits per heavy atom. The third-order valence-electron chi connectivity index (χ3n) is 7.60. The highest BCUT2D eigenvalue weighted by atomic mass is 35.5. The molecule has 8 heteroatoms. The van der Waals surface area contributed by atoms with E-state index >= 15 is 0 Å². The van der Waals surface area contributed by atoms with E-state index in [4.69, 9.17) is 22.1 Å². The third-order valence-corrected chi connectivity index (χ3v) is 7.84. The standard InChI is InChI=1S/C34H31ClN2O5/c1-42-32-20-37(33(40)19-28(32)27-18-25(35)13-14-26(27)30(38)16-22-7-8-22)29(15-21-5-3-2-4-6-21)31(39)17-23-9-11-24(12-10-23)34(36)41/h2-6,9-14,18-20,22,29H,7-8,15-17H2,1H3,(H2,36,41). The lowest BCUT2D eigenvalue weighted by molar-refractivity contribution is -0.121. The largest absolute Gasteiger partial charge is 0.495 e. The minimum Gasteiger partial charge on any atom is -0.495 e. The first-order valence-corrected chi connectivity index (χ1v) is 14.2. The molecule has 2 N–H and O–H groups in total. The predicted molar refractivity (Wildman–Crippen MR) is 162 cm³/mol. The number of halogens is 1. The fourth-order valence-electron chi connectivity index (χ4n) is 5.13. The summed E-state index contributed by atoms with van der Waals surface area (Å²) in [5, 5.41) is 0.429. The number of ether oxygens (including phenoxy) is 1. The van der Waals surface area contributed by atoms with Gasteiger partial charge in [-0.15, -0.1) is 0 Å². The number of amides is 1. The summed E-state index contributed by atoms with van der Waals surface area (Å²) in [5.41, 5.74) is 8.31. The second kappa shape index (κ2) is 12.6. The molecule has 0 aliphatic heterocycles. The van der Waals surface area contributed by atoms with Crippen molar-refractivity contribution in [3.63, 3.8) is 0 Å². The zero-order valence-electron chi connectivity index (χ0n) is 23.2. The van der Waals surface area contributed by atoms with Crippen molar-refractivity contribution < 1.29 is 19.1 Å².